The third-order valence-corrected chi connectivity index (χ3v) is 3.09. The molecule has 2 heteroatoms. The minimum Gasteiger partial charge on any atom is -0.383 e. The largest absolute Gasteiger partial charge is 0.383 e. The molecule has 0 radical (unpaired) electrons. The van der Waals surface area contributed by atoms with E-state index in [1.807, 2.05) is 0 Å². The summed E-state index contributed by atoms with van der Waals surface area (Å²) in [6.07, 6.45) is 3.56. The molecular formula is C16H27NO. The Kier molecular flexibility index (Phi) is 7.70. The molecule has 1 rings (SSSR count). The molecule has 0 saturated carbocycles. The van der Waals surface area contributed by atoms with E-state index in [-0.39, 0.29) is 0 Å². The first-order valence-electron chi connectivity index (χ1n) is 7.03. The summed E-state index contributed by atoms with van der Waals surface area (Å²) in [5, 5.41) is 3.42. The maximum Gasteiger partial charge on any atom is 0.0587 e. The van der Waals surface area contributed by atoms with E-state index in [0.29, 0.717) is 5.92 Å². The van der Waals surface area contributed by atoms with E-state index in [2.05, 4.69) is 43.4 Å². The van der Waals surface area contributed by atoms with Gasteiger partial charge >= 0.3 is 0 Å². The zero-order valence-corrected chi connectivity index (χ0v) is 12.0. The zero-order chi connectivity index (χ0) is 13.2. The van der Waals surface area contributed by atoms with Gasteiger partial charge in [-0.05, 0) is 36.4 Å². The van der Waals surface area contributed by atoms with Crippen molar-refractivity contribution in [2.75, 3.05) is 26.8 Å². The van der Waals surface area contributed by atoms with Crippen molar-refractivity contribution in [2.24, 2.45) is 5.92 Å². The molecule has 0 aliphatic heterocycles. The molecule has 1 unspecified atom stereocenters. The number of ether oxygens (including phenoxy) is 1. The predicted octanol–water partition coefficient (Wildman–Crippen LogP) is 3.05. The van der Waals surface area contributed by atoms with Crippen LogP contribution in [0.3, 0.4) is 0 Å². The molecule has 0 fully saturated rings. The minimum atomic E-state index is 0.665. The molecule has 1 aromatic carbocycles. The molecular weight excluding hydrogens is 222 g/mol. The fraction of sp³-hybridized carbons (Fsp3) is 0.625. The minimum absolute atomic E-state index is 0.665. The molecule has 0 aliphatic carbocycles. The highest BCUT2D eigenvalue weighted by Gasteiger charge is 2.04. The molecule has 0 bridgehead atoms. The fourth-order valence-corrected chi connectivity index (χ4v) is 2.20. The second-order valence-electron chi connectivity index (χ2n) is 5.08. The van der Waals surface area contributed by atoms with Crippen LogP contribution in [-0.2, 0) is 17.6 Å². The van der Waals surface area contributed by atoms with Crippen molar-refractivity contribution >= 4 is 0 Å². The van der Waals surface area contributed by atoms with Crippen LogP contribution in [-0.4, -0.2) is 26.8 Å². The highest BCUT2D eigenvalue weighted by molar-refractivity contribution is 5.24. The number of methoxy groups -OCH3 is 1. The van der Waals surface area contributed by atoms with Gasteiger partial charge in [-0.25, -0.2) is 0 Å². The Balaban J connectivity index is 2.34. The normalized spacial score (nSPS) is 12.6. The topological polar surface area (TPSA) is 21.3 Å². The average molecular weight is 249 g/mol. The second-order valence-corrected chi connectivity index (χ2v) is 5.08. The standard InChI is InChI=1S/C16H27NO/c1-4-6-15-7-5-8-16(12-15)11-14(2)13-17-9-10-18-3/h5,7-8,12,14,17H,4,6,9-11,13H2,1-3H3. The van der Waals surface area contributed by atoms with Gasteiger partial charge in [0.05, 0.1) is 6.61 Å². The number of hydrogen-bond acceptors (Lipinski definition) is 2. The van der Waals surface area contributed by atoms with Crippen LogP contribution in [0.25, 0.3) is 0 Å². The highest BCUT2D eigenvalue weighted by atomic mass is 16.5. The predicted molar refractivity (Wildman–Crippen MR) is 78.1 cm³/mol. The van der Waals surface area contributed by atoms with Crippen molar-refractivity contribution in [3.05, 3.63) is 35.4 Å². The number of benzene rings is 1. The Bertz CT molecular complexity index is 325. The summed E-state index contributed by atoms with van der Waals surface area (Å²) in [6, 6.07) is 9.01. The summed E-state index contributed by atoms with van der Waals surface area (Å²) in [4.78, 5) is 0. The molecule has 0 amide bonds. The van der Waals surface area contributed by atoms with Gasteiger partial charge in [0.2, 0.25) is 0 Å². The van der Waals surface area contributed by atoms with Crippen LogP contribution in [0.1, 0.15) is 31.4 Å². The van der Waals surface area contributed by atoms with Gasteiger partial charge in [0, 0.05) is 13.7 Å². The SMILES string of the molecule is CCCc1cccc(CC(C)CNCCOC)c1. The first-order chi connectivity index (χ1) is 8.76. The summed E-state index contributed by atoms with van der Waals surface area (Å²) < 4.78 is 5.02. The van der Waals surface area contributed by atoms with Gasteiger partial charge in [-0.1, -0.05) is 44.5 Å². The van der Waals surface area contributed by atoms with Crippen LogP contribution in [0.15, 0.2) is 24.3 Å². The van der Waals surface area contributed by atoms with E-state index >= 15 is 0 Å². The Morgan fingerprint density at radius 2 is 2.06 bits per heavy atom. The molecule has 18 heavy (non-hydrogen) atoms. The van der Waals surface area contributed by atoms with E-state index in [4.69, 9.17) is 4.74 Å². The average Bonchev–Trinajstić information content (AvgIpc) is 2.35. The lowest BCUT2D eigenvalue weighted by Crippen LogP contribution is -2.25. The summed E-state index contributed by atoms with van der Waals surface area (Å²) in [5.41, 5.74) is 2.93. The molecule has 102 valence electrons. The van der Waals surface area contributed by atoms with Crippen molar-refractivity contribution in [1.82, 2.24) is 5.32 Å². The molecule has 0 saturated heterocycles. The lowest BCUT2D eigenvalue weighted by molar-refractivity contribution is 0.198. The van der Waals surface area contributed by atoms with Crippen molar-refractivity contribution in [3.8, 4) is 0 Å². The monoisotopic (exact) mass is 249 g/mol. The van der Waals surface area contributed by atoms with E-state index < -0.39 is 0 Å². The van der Waals surface area contributed by atoms with Gasteiger partial charge in [-0.2, -0.15) is 0 Å². The first kappa shape index (κ1) is 15.2. The van der Waals surface area contributed by atoms with Gasteiger partial charge in [-0.15, -0.1) is 0 Å². The lowest BCUT2D eigenvalue weighted by atomic mass is 9.98. The van der Waals surface area contributed by atoms with Crippen LogP contribution in [0.5, 0.6) is 0 Å². The van der Waals surface area contributed by atoms with Gasteiger partial charge in [-0.3, -0.25) is 0 Å². The van der Waals surface area contributed by atoms with E-state index in [9.17, 15) is 0 Å². The van der Waals surface area contributed by atoms with Gasteiger partial charge in [0.15, 0.2) is 0 Å². The van der Waals surface area contributed by atoms with E-state index in [1.165, 1.54) is 24.0 Å². The smallest absolute Gasteiger partial charge is 0.0587 e. The lowest BCUT2D eigenvalue weighted by Gasteiger charge is -2.13. The zero-order valence-electron chi connectivity index (χ0n) is 12.0. The highest BCUT2D eigenvalue weighted by Crippen LogP contribution is 2.12. The third kappa shape index (κ3) is 6.18. The van der Waals surface area contributed by atoms with Crippen molar-refractivity contribution < 1.29 is 4.74 Å². The maximum absolute atomic E-state index is 5.02. The number of rotatable bonds is 9. The van der Waals surface area contributed by atoms with Gasteiger partial charge < -0.3 is 10.1 Å². The van der Waals surface area contributed by atoms with Crippen LogP contribution in [0.2, 0.25) is 0 Å². The number of aryl methyl sites for hydroxylation is 1. The molecule has 0 aromatic heterocycles. The third-order valence-electron chi connectivity index (χ3n) is 3.09. The molecule has 0 spiro atoms. The van der Waals surface area contributed by atoms with Crippen molar-refractivity contribution in [2.45, 2.75) is 33.1 Å². The molecule has 1 atom stereocenters. The number of nitrogens with one attached hydrogen (secondary N) is 1. The number of hydrogen-bond donors (Lipinski definition) is 1. The van der Waals surface area contributed by atoms with Crippen LogP contribution < -0.4 is 5.32 Å². The molecule has 0 heterocycles. The maximum atomic E-state index is 5.02. The van der Waals surface area contributed by atoms with E-state index in [1.54, 1.807) is 7.11 Å². The fourth-order valence-electron chi connectivity index (χ4n) is 2.20. The van der Waals surface area contributed by atoms with E-state index in [0.717, 1.165) is 26.1 Å². The summed E-state index contributed by atoms with van der Waals surface area (Å²) in [5.74, 6) is 0.665. The Hall–Kier alpha value is -0.860. The summed E-state index contributed by atoms with van der Waals surface area (Å²) in [7, 11) is 1.74. The summed E-state index contributed by atoms with van der Waals surface area (Å²) in [6.45, 7) is 7.32. The molecule has 0 aliphatic rings. The van der Waals surface area contributed by atoms with Crippen LogP contribution in [0, 0.1) is 5.92 Å². The second kappa shape index (κ2) is 9.12. The molecule has 1 N–H and O–H groups in total. The molecule has 2 nitrogen and oxygen atoms in total. The molecule has 1 aromatic rings. The van der Waals surface area contributed by atoms with Crippen LogP contribution >= 0.6 is 0 Å². The van der Waals surface area contributed by atoms with Crippen molar-refractivity contribution in [3.63, 3.8) is 0 Å². The summed E-state index contributed by atoms with van der Waals surface area (Å²) >= 11 is 0. The van der Waals surface area contributed by atoms with Crippen LogP contribution in [0.4, 0.5) is 0 Å². The van der Waals surface area contributed by atoms with Gasteiger partial charge in [0.1, 0.15) is 0 Å². The quantitative estimate of drug-likeness (QED) is 0.679. The first-order valence-corrected chi connectivity index (χ1v) is 7.03. The van der Waals surface area contributed by atoms with Crippen molar-refractivity contribution in [1.29, 1.82) is 0 Å². The van der Waals surface area contributed by atoms with Gasteiger partial charge in [0.25, 0.3) is 0 Å². The Morgan fingerprint density at radius 3 is 2.78 bits per heavy atom. The Labute approximate surface area is 112 Å². The Morgan fingerprint density at radius 1 is 1.28 bits per heavy atom.